The second kappa shape index (κ2) is 5.53. The second-order valence-corrected chi connectivity index (χ2v) is 3.28. The molecule has 0 aromatic heterocycles. The highest BCUT2D eigenvalue weighted by molar-refractivity contribution is 6.32. The molecule has 0 amide bonds. The Morgan fingerprint density at radius 2 is 2.19 bits per heavy atom. The highest BCUT2D eigenvalue weighted by atomic mass is 35.5. The van der Waals surface area contributed by atoms with Crippen molar-refractivity contribution in [1.29, 1.82) is 0 Å². The summed E-state index contributed by atoms with van der Waals surface area (Å²) in [6, 6.07) is 2.16. The molecule has 0 fully saturated rings. The van der Waals surface area contributed by atoms with Crippen LogP contribution in [0, 0.1) is 10.1 Å². The molecule has 0 radical (unpaired) electrons. The van der Waals surface area contributed by atoms with Crippen molar-refractivity contribution in [2.45, 2.75) is 0 Å². The minimum absolute atomic E-state index is 0.0312. The number of methoxy groups -OCH3 is 1. The fourth-order valence-corrected chi connectivity index (χ4v) is 1.22. The lowest BCUT2D eigenvalue weighted by Gasteiger charge is -2.08. The third kappa shape index (κ3) is 2.98. The van der Waals surface area contributed by atoms with Crippen LogP contribution in [-0.4, -0.2) is 30.4 Å². The van der Waals surface area contributed by atoms with Crippen LogP contribution in [0.4, 0.5) is 5.69 Å². The zero-order valence-corrected chi connectivity index (χ0v) is 9.23. The van der Waals surface area contributed by atoms with Crippen molar-refractivity contribution in [3.63, 3.8) is 0 Å². The Labute approximate surface area is 96.5 Å². The van der Waals surface area contributed by atoms with Crippen LogP contribution in [0.1, 0.15) is 0 Å². The topological polar surface area (TPSA) is 81.8 Å². The molecule has 0 aliphatic heterocycles. The molecule has 7 heteroatoms. The van der Waals surface area contributed by atoms with E-state index in [9.17, 15) is 15.2 Å². The Morgan fingerprint density at radius 3 is 2.75 bits per heavy atom. The maximum absolute atomic E-state index is 10.5. The summed E-state index contributed by atoms with van der Waals surface area (Å²) in [5, 5.41) is 19.9. The molecule has 1 aromatic rings. The van der Waals surface area contributed by atoms with Crippen LogP contribution in [-0.2, 0) is 4.74 Å². The number of halogens is 1. The average Bonchev–Trinajstić information content (AvgIpc) is 2.24. The molecule has 0 aliphatic carbocycles. The Balaban J connectivity index is 2.93. The first-order valence-corrected chi connectivity index (χ1v) is 4.72. The summed E-state index contributed by atoms with van der Waals surface area (Å²) < 4.78 is 9.82. The van der Waals surface area contributed by atoms with Crippen molar-refractivity contribution < 1.29 is 19.5 Å². The molecule has 0 unspecified atom stereocenters. The number of benzene rings is 1. The first kappa shape index (κ1) is 12.5. The highest BCUT2D eigenvalue weighted by Crippen LogP contribution is 2.37. The predicted molar refractivity (Wildman–Crippen MR) is 57.1 cm³/mol. The minimum Gasteiger partial charge on any atom is -0.503 e. The first-order valence-electron chi connectivity index (χ1n) is 4.35. The SMILES string of the molecule is COCCOc1cc([N+](=O)[O-])cc(Cl)c1O. The smallest absolute Gasteiger partial charge is 0.274 e. The van der Waals surface area contributed by atoms with Gasteiger partial charge in [0.15, 0.2) is 11.5 Å². The third-order valence-corrected chi connectivity index (χ3v) is 2.06. The van der Waals surface area contributed by atoms with Gasteiger partial charge in [0, 0.05) is 13.2 Å². The van der Waals surface area contributed by atoms with E-state index in [2.05, 4.69) is 0 Å². The number of nitro groups is 1. The monoisotopic (exact) mass is 247 g/mol. The highest BCUT2D eigenvalue weighted by Gasteiger charge is 2.15. The Kier molecular flexibility index (Phi) is 4.33. The van der Waals surface area contributed by atoms with E-state index in [1.165, 1.54) is 7.11 Å². The predicted octanol–water partition coefficient (Wildman–Crippen LogP) is 1.98. The van der Waals surface area contributed by atoms with E-state index in [0.29, 0.717) is 6.61 Å². The quantitative estimate of drug-likeness (QED) is 0.489. The van der Waals surface area contributed by atoms with E-state index in [4.69, 9.17) is 21.1 Å². The van der Waals surface area contributed by atoms with Crippen LogP contribution >= 0.6 is 11.6 Å². The maximum Gasteiger partial charge on any atom is 0.274 e. The summed E-state index contributed by atoms with van der Waals surface area (Å²) in [5.74, 6) is -0.348. The van der Waals surface area contributed by atoms with Gasteiger partial charge < -0.3 is 14.6 Å². The number of nitro benzene ring substituents is 1. The van der Waals surface area contributed by atoms with Crippen molar-refractivity contribution in [3.8, 4) is 11.5 Å². The van der Waals surface area contributed by atoms with Crippen molar-refractivity contribution in [1.82, 2.24) is 0 Å². The lowest BCUT2D eigenvalue weighted by Crippen LogP contribution is -2.04. The second-order valence-electron chi connectivity index (χ2n) is 2.87. The van der Waals surface area contributed by atoms with Gasteiger partial charge in [0.1, 0.15) is 6.61 Å². The minimum atomic E-state index is -0.617. The van der Waals surface area contributed by atoms with Gasteiger partial charge in [-0.1, -0.05) is 11.6 Å². The van der Waals surface area contributed by atoms with Crippen LogP contribution < -0.4 is 4.74 Å². The summed E-state index contributed by atoms with van der Waals surface area (Å²) in [6.45, 7) is 0.474. The van der Waals surface area contributed by atoms with E-state index in [0.717, 1.165) is 12.1 Å². The molecule has 0 saturated heterocycles. The van der Waals surface area contributed by atoms with Gasteiger partial charge in [-0.2, -0.15) is 0 Å². The van der Waals surface area contributed by atoms with Crippen molar-refractivity contribution in [3.05, 3.63) is 27.3 Å². The van der Waals surface area contributed by atoms with Gasteiger partial charge in [-0.15, -0.1) is 0 Å². The van der Waals surface area contributed by atoms with E-state index < -0.39 is 4.92 Å². The molecule has 0 bridgehead atoms. The molecule has 16 heavy (non-hydrogen) atoms. The van der Waals surface area contributed by atoms with Crippen molar-refractivity contribution >= 4 is 17.3 Å². The molecule has 1 N–H and O–H groups in total. The number of phenolic OH excluding ortho intramolecular Hbond substituents is 1. The molecule has 6 nitrogen and oxygen atoms in total. The maximum atomic E-state index is 10.5. The largest absolute Gasteiger partial charge is 0.503 e. The van der Waals surface area contributed by atoms with Gasteiger partial charge in [0.25, 0.3) is 5.69 Å². The summed E-state index contributed by atoms with van der Waals surface area (Å²) >= 11 is 5.61. The van der Waals surface area contributed by atoms with E-state index >= 15 is 0 Å². The molecule has 0 aliphatic rings. The van der Waals surface area contributed by atoms with Gasteiger partial charge in [0.05, 0.1) is 22.6 Å². The van der Waals surface area contributed by atoms with Crippen LogP contribution in [0.15, 0.2) is 12.1 Å². The zero-order valence-electron chi connectivity index (χ0n) is 8.47. The van der Waals surface area contributed by atoms with E-state index in [1.807, 2.05) is 0 Å². The Morgan fingerprint density at radius 1 is 1.50 bits per heavy atom. The van der Waals surface area contributed by atoms with E-state index in [1.54, 1.807) is 0 Å². The third-order valence-electron chi connectivity index (χ3n) is 1.77. The summed E-state index contributed by atoms with van der Waals surface area (Å²) in [6.07, 6.45) is 0. The zero-order chi connectivity index (χ0) is 12.1. The number of aromatic hydroxyl groups is 1. The number of phenols is 1. The standard InChI is InChI=1S/C9H10ClNO5/c1-15-2-3-16-8-5-6(11(13)14)4-7(10)9(8)12/h4-5,12H,2-3H2,1H3. The van der Waals surface area contributed by atoms with Gasteiger partial charge in [-0.3, -0.25) is 10.1 Å². The van der Waals surface area contributed by atoms with Gasteiger partial charge in [0.2, 0.25) is 0 Å². The number of ether oxygens (including phenoxy) is 2. The Bertz CT molecular complexity index is 396. The first-order chi connectivity index (χ1) is 7.56. The summed E-state index contributed by atoms with van der Waals surface area (Å²) in [4.78, 5) is 9.92. The van der Waals surface area contributed by atoms with Crippen molar-refractivity contribution in [2.75, 3.05) is 20.3 Å². The Hall–Kier alpha value is -1.53. The lowest BCUT2D eigenvalue weighted by molar-refractivity contribution is -0.384. The molecule has 88 valence electrons. The fourth-order valence-electron chi connectivity index (χ4n) is 1.01. The molecular weight excluding hydrogens is 238 g/mol. The van der Waals surface area contributed by atoms with E-state index in [-0.39, 0.29) is 28.8 Å². The molecule has 1 rings (SSSR count). The fraction of sp³-hybridized carbons (Fsp3) is 0.333. The number of non-ortho nitro benzene ring substituents is 1. The summed E-state index contributed by atoms with van der Waals surface area (Å²) in [5.41, 5.74) is -0.241. The van der Waals surface area contributed by atoms with Crippen LogP contribution in [0.25, 0.3) is 0 Å². The lowest BCUT2D eigenvalue weighted by atomic mass is 10.3. The normalized spacial score (nSPS) is 10.1. The van der Waals surface area contributed by atoms with Gasteiger partial charge in [-0.25, -0.2) is 0 Å². The van der Waals surface area contributed by atoms with Crippen molar-refractivity contribution in [2.24, 2.45) is 0 Å². The number of hydrogen-bond acceptors (Lipinski definition) is 5. The molecule has 0 heterocycles. The average molecular weight is 248 g/mol. The van der Waals surface area contributed by atoms with Crippen LogP contribution in [0.2, 0.25) is 5.02 Å². The number of hydrogen-bond donors (Lipinski definition) is 1. The molecule has 0 saturated carbocycles. The number of nitrogens with zero attached hydrogens (tertiary/aromatic N) is 1. The van der Waals surface area contributed by atoms with Crippen LogP contribution in [0.3, 0.4) is 0 Å². The molecule has 0 spiro atoms. The molecular formula is C9H10ClNO5. The van der Waals surface area contributed by atoms with Gasteiger partial charge >= 0.3 is 0 Å². The molecule has 0 atom stereocenters. The number of rotatable bonds is 5. The van der Waals surface area contributed by atoms with Crippen LogP contribution in [0.5, 0.6) is 11.5 Å². The summed E-state index contributed by atoms with van der Waals surface area (Å²) in [7, 11) is 1.49. The van der Waals surface area contributed by atoms with Gasteiger partial charge in [-0.05, 0) is 0 Å². The molecule has 1 aromatic carbocycles.